The number of aliphatic hydroxyl groups is 1. The standard InChI is InChI=1S/C28H28F5NO4/c1-15-23(18-10-11-20(29)24(30)25(18)36-4)26(38-27(15,3)28(31,32)33)21-12-22(19(13-35)16(2)34-21)37-14-17-8-6-5-7-9-17/h5-12,15,23,26,35H,13-14H2,1-4H3/t15-,23-,26-,27+/m0/s1. The maximum absolute atomic E-state index is 14.7. The summed E-state index contributed by atoms with van der Waals surface area (Å²) in [6.07, 6.45) is -6.10. The highest BCUT2D eigenvalue weighted by atomic mass is 19.4. The van der Waals surface area contributed by atoms with E-state index >= 15 is 0 Å². The third-order valence-corrected chi connectivity index (χ3v) is 7.31. The minimum absolute atomic E-state index is 0.0225. The van der Waals surface area contributed by atoms with Crippen molar-refractivity contribution in [3.05, 3.63) is 88.2 Å². The Morgan fingerprint density at radius 3 is 2.39 bits per heavy atom. The predicted molar refractivity (Wildman–Crippen MR) is 129 cm³/mol. The van der Waals surface area contributed by atoms with E-state index in [1.54, 1.807) is 6.92 Å². The van der Waals surface area contributed by atoms with Gasteiger partial charge in [0, 0.05) is 34.7 Å². The minimum Gasteiger partial charge on any atom is -0.493 e. The van der Waals surface area contributed by atoms with Gasteiger partial charge < -0.3 is 19.3 Å². The Labute approximate surface area is 217 Å². The van der Waals surface area contributed by atoms with Crippen molar-refractivity contribution in [2.75, 3.05) is 7.11 Å². The lowest BCUT2D eigenvalue weighted by Crippen LogP contribution is -2.46. The topological polar surface area (TPSA) is 60.8 Å². The highest BCUT2D eigenvalue weighted by molar-refractivity contribution is 5.44. The molecule has 204 valence electrons. The molecular formula is C28H28F5NO4. The van der Waals surface area contributed by atoms with Crippen LogP contribution in [0.1, 0.15) is 53.9 Å². The van der Waals surface area contributed by atoms with Gasteiger partial charge in [-0.1, -0.05) is 43.3 Å². The Morgan fingerprint density at radius 2 is 1.79 bits per heavy atom. The van der Waals surface area contributed by atoms with Crippen LogP contribution in [0.3, 0.4) is 0 Å². The lowest BCUT2D eigenvalue weighted by atomic mass is 9.76. The molecule has 1 aliphatic heterocycles. The van der Waals surface area contributed by atoms with Crippen molar-refractivity contribution in [3.8, 4) is 11.5 Å². The van der Waals surface area contributed by atoms with Gasteiger partial charge in [-0.25, -0.2) is 4.39 Å². The quantitative estimate of drug-likeness (QED) is 0.346. The van der Waals surface area contributed by atoms with Gasteiger partial charge in [-0.3, -0.25) is 4.98 Å². The zero-order valence-electron chi connectivity index (χ0n) is 21.3. The summed E-state index contributed by atoms with van der Waals surface area (Å²) in [5.74, 6) is -5.11. The molecule has 1 aromatic heterocycles. The summed E-state index contributed by atoms with van der Waals surface area (Å²) >= 11 is 0. The van der Waals surface area contributed by atoms with Crippen LogP contribution in [-0.4, -0.2) is 29.0 Å². The largest absolute Gasteiger partial charge is 0.493 e. The zero-order valence-corrected chi connectivity index (χ0v) is 21.3. The summed E-state index contributed by atoms with van der Waals surface area (Å²) in [4.78, 5) is 4.45. The number of pyridine rings is 1. The van der Waals surface area contributed by atoms with E-state index in [1.807, 2.05) is 30.3 Å². The van der Waals surface area contributed by atoms with Gasteiger partial charge in [-0.05, 0) is 25.5 Å². The Bertz CT molecular complexity index is 1300. The number of ether oxygens (including phenoxy) is 3. The second-order valence-electron chi connectivity index (χ2n) is 9.48. The monoisotopic (exact) mass is 537 g/mol. The van der Waals surface area contributed by atoms with Gasteiger partial charge in [0.05, 0.1) is 19.4 Å². The summed E-state index contributed by atoms with van der Waals surface area (Å²) in [5, 5.41) is 9.95. The highest BCUT2D eigenvalue weighted by Crippen LogP contribution is 2.59. The van der Waals surface area contributed by atoms with Gasteiger partial charge >= 0.3 is 6.18 Å². The summed E-state index contributed by atoms with van der Waals surface area (Å²) < 4.78 is 88.4. The summed E-state index contributed by atoms with van der Waals surface area (Å²) in [6, 6.07) is 12.7. The van der Waals surface area contributed by atoms with Crippen molar-refractivity contribution in [2.45, 2.75) is 57.8 Å². The van der Waals surface area contributed by atoms with Crippen LogP contribution in [0.2, 0.25) is 0 Å². The summed E-state index contributed by atoms with van der Waals surface area (Å²) in [5.41, 5.74) is -0.966. The van der Waals surface area contributed by atoms with Crippen LogP contribution in [0.25, 0.3) is 0 Å². The lowest BCUT2D eigenvalue weighted by Gasteiger charge is -2.32. The van der Waals surface area contributed by atoms with E-state index in [4.69, 9.17) is 14.2 Å². The number of methoxy groups -OCH3 is 1. The van der Waals surface area contributed by atoms with Crippen molar-refractivity contribution < 1.29 is 41.3 Å². The molecule has 5 nitrogen and oxygen atoms in total. The number of halogens is 5. The van der Waals surface area contributed by atoms with E-state index in [-0.39, 0.29) is 23.6 Å². The highest BCUT2D eigenvalue weighted by Gasteiger charge is 2.65. The summed E-state index contributed by atoms with van der Waals surface area (Å²) in [7, 11) is 1.12. The van der Waals surface area contributed by atoms with Gasteiger partial charge in [0.1, 0.15) is 18.5 Å². The van der Waals surface area contributed by atoms with Crippen LogP contribution in [0.4, 0.5) is 22.0 Å². The van der Waals surface area contributed by atoms with E-state index < -0.39 is 53.7 Å². The van der Waals surface area contributed by atoms with Crippen molar-refractivity contribution in [3.63, 3.8) is 0 Å². The number of aliphatic hydroxyl groups excluding tert-OH is 1. The first-order valence-electron chi connectivity index (χ1n) is 12.0. The average Bonchev–Trinajstić information content (AvgIpc) is 3.16. The molecule has 3 aromatic rings. The number of aromatic nitrogens is 1. The van der Waals surface area contributed by atoms with Crippen LogP contribution < -0.4 is 9.47 Å². The molecule has 1 N–H and O–H groups in total. The van der Waals surface area contributed by atoms with Crippen molar-refractivity contribution in [1.29, 1.82) is 0 Å². The molecule has 38 heavy (non-hydrogen) atoms. The third kappa shape index (κ3) is 4.82. The van der Waals surface area contributed by atoms with E-state index in [0.717, 1.165) is 25.7 Å². The molecular weight excluding hydrogens is 509 g/mol. The molecule has 0 aliphatic carbocycles. The fourth-order valence-electron chi connectivity index (χ4n) is 4.96. The molecule has 4 atom stereocenters. The molecule has 0 radical (unpaired) electrons. The molecule has 1 saturated heterocycles. The minimum atomic E-state index is -4.78. The number of hydrogen-bond acceptors (Lipinski definition) is 5. The number of nitrogens with zero attached hydrogens (tertiary/aromatic N) is 1. The van der Waals surface area contributed by atoms with Crippen molar-refractivity contribution >= 4 is 0 Å². The Hall–Kier alpha value is -3.24. The second-order valence-corrected chi connectivity index (χ2v) is 9.48. The Balaban J connectivity index is 1.85. The van der Waals surface area contributed by atoms with E-state index in [2.05, 4.69) is 4.98 Å². The third-order valence-electron chi connectivity index (χ3n) is 7.31. The van der Waals surface area contributed by atoms with Crippen molar-refractivity contribution in [1.82, 2.24) is 4.98 Å². The molecule has 2 heterocycles. The molecule has 0 bridgehead atoms. The molecule has 0 amide bonds. The normalized spacial score (nSPS) is 23.5. The molecule has 0 spiro atoms. The summed E-state index contributed by atoms with van der Waals surface area (Å²) in [6.45, 7) is 3.60. The number of alkyl halides is 3. The molecule has 0 saturated carbocycles. The van der Waals surface area contributed by atoms with Gasteiger partial charge in [-0.2, -0.15) is 17.6 Å². The first-order valence-corrected chi connectivity index (χ1v) is 12.0. The lowest BCUT2D eigenvalue weighted by molar-refractivity contribution is -0.275. The number of hydrogen-bond donors (Lipinski definition) is 1. The maximum atomic E-state index is 14.7. The molecule has 2 aromatic carbocycles. The molecule has 0 unspecified atom stereocenters. The van der Waals surface area contributed by atoms with Gasteiger partial charge in [0.2, 0.25) is 5.82 Å². The SMILES string of the molecule is COc1c([C@H]2[C@H](c3cc(OCc4ccccc4)c(CO)c(C)n3)O[C@@](C)(C(F)(F)F)[C@H]2C)ccc(F)c1F. The van der Waals surface area contributed by atoms with Crippen LogP contribution in [0.5, 0.6) is 11.5 Å². The Kier molecular flexibility index (Phi) is 7.67. The van der Waals surface area contributed by atoms with E-state index in [1.165, 1.54) is 19.1 Å². The molecule has 1 aliphatic rings. The second kappa shape index (κ2) is 10.5. The van der Waals surface area contributed by atoms with Crippen LogP contribution >= 0.6 is 0 Å². The van der Waals surface area contributed by atoms with Gasteiger partial charge in [0.25, 0.3) is 0 Å². The average molecular weight is 538 g/mol. The fraction of sp³-hybridized carbons (Fsp3) is 0.393. The first kappa shape index (κ1) is 27.8. The van der Waals surface area contributed by atoms with E-state index in [9.17, 15) is 27.1 Å². The van der Waals surface area contributed by atoms with Crippen LogP contribution in [0.15, 0.2) is 48.5 Å². The smallest absolute Gasteiger partial charge is 0.417 e. The Morgan fingerprint density at radius 1 is 1.11 bits per heavy atom. The molecule has 10 heteroatoms. The van der Waals surface area contributed by atoms with Crippen LogP contribution in [-0.2, 0) is 18.0 Å². The number of benzene rings is 2. The fourth-order valence-corrected chi connectivity index (χ4v) is 4.96. The van der Waals surface area contributed by atoms with Crippen LogP contribution in [0, 0.1) is 24.5 Å². The first-order chi connectivity index (χ1) is 17.9. The number of aryl methyl sites for hydroxylation is 1. The van der Waals surface area contributed by atoms with Crippen molar-refractivity contribution in [2.24, 2.45) is 5.92 Å². The molecule has 1 fully saturated rings. The van der Waals surface area contributed by atoms with Gasteiger partial charge in [-0.15, -0.1) is 0 Å². The zero-order chi connectivity index (χ0) is 27.8. The number of rotatable bonds is 7. The van der Waals surface area contributed by atoms with Gasteiger partial charge in [0.15, 0.2) is 17.2 Å². The van der Waals surface area contributed by atoms with E-state index in [0.29, 0.717) is 11.3 Å². The molecule has 4 rings (SSSR count). The predicted octanol–water partition coefficient (Wildman–Crippen LogP) is 6.56. The maximum Gasteiger partial charge on any atom is 0.417 e.